The van der Waals surface area contributed by atoms with Gasteiger partial charge in [0.25, 0.3) is 0 Å². The van der Waals surface area contributed by atoms with E-state index in [1.54, 1.807) is 0 Å². The van der Waals surface area contributed by atoms with Crippen molar-refractivity contribution in [2.45, 2.75) is 16.1 Å². The highest BCUT2D eigenvalue weighted by Gasteiger charge is 2.72. The van der Waals surface area contributed by atoms with E-state index >= 15 is 0 Å². The molecule has 0 spiro atoms. The summed E-state index contributed by atoms with van der Waals surface area (Å²) in [5.74, 6) is -0.439. The molecule has 0 bridgehead atoms. The lowest BCUT2D eigenvalue weighted by atomic mass is 10.0. The fourth-order valence-corrected chi connectivity index (χ4v) is 6.05. The molecule has 3 atom stereocenters. The molecule has 0 N–H and O–H groups in total. The molecule has 3 rings (SSSR count). The molecular weight excluding hydrogens is 426 g/mol. The lowest BCUT2D eigenvalue weighted by Gasteiger charge is -2.08. The number of halogens is 2. The molecule has 2 aromatic carbocycles. The zero-order valence-corrected chi connectivity index (χ0v) is 16.5. The Labute approximate surface area is 160 Å². The number of methoxy groups -OCH3 is 1. The lowest BCUT2D eigenvalue weighted by molar-refractivity contribution is 0.162. The molecule has 0 aliphatic heterocycles. The van der Waals surface area contributed by atoms with Gasteiger partial charge in [-0.15, -0.1) is 0 Å². The summed E-state index contributed by atoms with van der Waals surface area (Å²) in [5.41, 5.74) is -0.287. The van der Waals surface area contributed by atoms with Gasteiger partial charge in [0.15, 0.2) is 9.84 Å². The van der Waals surface area contributed by atoms with Crippen LogP contribution in [0.3, 0.4) is 0 Å². The van der Waals surface area contributed by atoms with Crippen LogP contribution in [0.15, 0.2) is 57.9 Å². The van der Waals surface area contributed by atoms with Gasteiger partial charge >= 0.3 is 0 Å². The second-order valence-corrected chi connectivity index (χ2v) is 9.46. The van der Waals surface area contributed by atoms with Crippen molar-refractivity contribution >= 4 is 37.4 Å². The SMILES string of the molecule is COC[C@@]1(C#N)[C@@H](c2ccc(Br)cc2)[C@@H]1S(=O)(=O)c1ccc(Cl)cc1. The number of benzene rings is 2. The number of hydrogen-bond donors (Lipinski definition) is 0. The topological polar surface area (TPSA) is 67.2 Å². The minimum Gasteiger partial charge on any atom is -0.383 e. The first kappa shape index (κ1) is 18.4. The van der Waals surface area contributed by atoms with Crippen LogP contribution in [0.1, 0.15) is 11.5 Å². The average molecular weight is 441 g/mol. The summed E-state index contributed by atoms with van der Waals surface area (Å²) in [6.45, 7) is 0.0573. The van der Waals surface area contributed by atoms with Crippen LogP contribution in [0.2, 0.25) is 5.02 Å². The summed E-state index contributed by atoms with van der Waals surface area (Å²) in [6, 6.07) is 15.6. The third-order valence-electron chi connectivity index (χ3n) is 4.55. The van der Waals surface area contributed by atoms with Crippen LogP contribution >= 0.6 is 27.5 Å². The molecule has 1 aliphatic carbocycles. The highest BCUT2D eigenvalue weighted by Crippen LogP contribution is 2.63. The molecule has 0 amide bonds. The van der Waals surface area contributed by atoms with E-state index in [9.17, 15) is 13.7 Å². The van der Waals surface area contributed by atoms with Gasteiger partial charge in [-0.05, 0) is 42.0 Å². The Balaban J connectivity index is 2.07. The molecule has 0 radical (unpaired) electrons. The Hall–Kier alpha value is -1.39. The number of rotatable bonds is 5. The summed E-state index contributed by atoms with van der Waals surface area (Å²) in [7, 11) is -2.23. The van der Waals surface area contributed by atoms with E-state index in [-0.39, 0.29) is 11.5 Å². The van der Waals surface area contributed by atoms with Crippen molar-refractivity contribution in [2.24, 2.45) is 5.41 Å². The fraction of sp³-hybridized carbons (Fsp3) is 0.278. The van der Waals surface area contributed by atoms with E-state index in [1.807, 2.05) is 24.3 Å². The van der Waals surface area contributed by atoms with Gasteiger partial charge in [0, 0.05) is 22.5 Å². The molecule has 25 heavy (non-hydrogen) atoms. The smallest absolute Gasteiger partial charge is 0.183 e. The van der Waals surface area contributed by atoms with E-state index in [2.05, 4.69) is 22.0 Å². The largest absolute Gasteiger partial charge is 0.383 e. The zero-order chi connectivity index (χ0) is 18.2. The summed E-state index contributed by atoms with van der Waals surface area (Å²) >= 11 is 9.23. The van der Waals surface area contributed by atoms with Gasteiger partial charge in [0.2, 0.25) is 0 Å². The van der Waals surface area contributed by atoms with Crippen molar-refractivity contribution < 1.29 is 13.2 Å². The van der Waals surface area contributed by atoms with Gasteiger partial charge in [-0.1, -0.05) is 39.7 Å². The van der Waals surface area contributed by atoms with Crippen molar-refractivity contribution in [3.63, 3.8) is 0 Å². The minimum absolute atomic E-state index is 0.0573. The van der Waals surface area contributed by atoms with Crippen LogP contribution < -0.4 is 0 Å². The minimum atomic E-state index is -3.70. The number of hydrogen-bond acceptors (Lipinski definition) is 4. The van der Waals surface area contributed by atoms with Crippen LogP contribution in [0, 0.1) is 16.7 Å². The Morgan fingerprint density at radius 1 is 1.20 bits per heavy atom. The van der Waals surface area contributed by atoms with E-state index in [0.29, 0.717) is 5.02 Å². The highest BCUT2D eigenvalue weighted by molar-refractivity contribution is 9.10. The van der Waals surface area contributed by atoms with Crippen LogP contribution in [-0.4, -0.2) is 27.4 Å². The molecule has 1 aliphatic rings. The Kier molecular flexibility index (Phi) is 4.95. The van der Waals surface area contributed by atoms with E-state index in [0.717, 1.165) is 10.0 Å². The molecule has 130 valence electrons. The molecule has 0 saturated heterocycles. The molecule has 0 aromatic heterocycles. The number of nitrogens with zero attached hydrogens (tertiary/aromatic N) is 1. The second-order valence-electron chi connectivity index (χ2n) is 6.03. The molecule has 0 unspecified atom stereocenters. The summed E-state index contributed by atoms with van der Waals surface area (Å²) in [4.78, 5) is 0.164. The van der Waals surface area contributed by atoms with Crippen LogP contribution in [0.25, 0.3) is 0 Å². The van der Waals surface area contributed by atoms with Gasteiger partial charge in [-0.25, -0.2) is 8.42 Å². The fourth-order valence-electron chi connectivity index (χ4n) is 3.35. The van der Waals surface area contributed by atoms with E-state index in [1.165, 1.54) is 31.4 Å². The monoisotopic (exact) mass is 439 g/mol. The number of ether oxygens (including phenoxy) is 1. The summed E-state index contributed by atoms with van der Waals surface area (Å²) in [6.07, 6.45) is 0. The molecule has 4 nitrogen and oxygen atoms in total. The first-order valence-corrected chi connectivity index (χ1v) is 10.2. The highest BCUT2D eigenvalue weighted by atomic mass is 79.9. The van der Waals surface area contributed by atoms with Gasteiger partial charge < -0.3 is 4.74 Å². The van der Waals surface area contributed by atoms with Gasteiger partial charge in [-0.3, -0.25) is 0 Å². The second kappa shape index (κ2) is 6.73. The predicted molar refractivity (Wildman–Crippen MR) is 99.2 cm³/mol. The third kappa shape index (κ3) is 3.11. The normalized spacial score (nSPS) is 25.4. The molecule has 2 aromatic rings. The molecule has 0 heterocycles. The van der Waals surface area contributed by atoms with Crippen molar-refractivity contribution in [3.8, 4) is 6.07 Å². The maximum absolute atomic E-state index is 13.1. The van der Waals surface area contributed by atoms with Gasteiger partial charge in [-0.2, -0.15) is 5.26 Å². The van der Waals surface area contributed by atoms with Gasteiger partial charge in [0.05, 0.1) is 22.8 Å². The van der Waals surface area contributed by atoms with E-state index < -0.39 is 26.4 Å². The summed E-state index contributed by atoms with van der Waals surface area (Å²) < 4.78 is 32.4. The molecule has 1 fully saturated rings. The Morgan fingerprint density at radius 3 is 2.32 bits per heavy atom. The molecular formula is C18H15BrClNO3S. The number of nitriles is 1. The van der Waals surface area contributed by atoms with Crippen molar-refractivity contribution in [1.29, 1.82) is 5.26 Å². The quantitative estimate of drug-likeness (QED) is 0.699. The first-order valence-electron chi connectivity index (χ1n) is 7.52. The standard InChI is InChI=1S/C18H15BrClNO3S/c1-24-11-18(10-21)16(12-2-4-13(19)5-3-12)17(18)25(22,23)15-8-6-14(20)7-9-15/h2-9,16-17H,11H2,1H3/t16-,17-,18-/m0/s1. The zero-order valence-electron chi connectivity index (χ0n) is 13.3. The number of sulfone groups is 1. The van der Waals surface area contributed by atoms with Crippen molar-refractivity contribution in [2.75, 3.05) is 13.7 Å². The van der Waals surface area contributed by atoms with Crippen molar-refractivity contribution in [1.82, 2.24) is 0 Å². The molecule has 1 saturated carbocycles. The first-order chi connectivity index (χ1) is 11.9. The predicted octanol–water partition coefficient (Wildman–Crippen LogP) is 4.20. The average Bonchev–Trinajstić information content (AvgIpc) is 3.26. The molecule has 7 heteroatoms. The van der Waals surface area contributed by atoms with Crippen LogP contribution in [-0.2, 0) is 14.6 Å². The maximum atomic E-state index is 13.1. The summed E-state index contributed by atoms with van der Waals surface area (Å²) in [5, 5.41) is 9.38. The lowest BCUT2D eigenvalue weighted by Crippen LogP contribution is -2.19. The van der Waals surface area contributed by atoms with Gasteiger partial charge in [0.1, 0.15) is 5.41 Å². The Morgan fingerprint density at radius 2 is 1.80 bits per heavy atom. The van der Waals surface area contributed by atoms with Crippen molar-refractivity contribution in [3.05, 3.63) is 63.6 Å². The third-order valence-corrected chi connectivity index (χ3v) is 7.62. The van der Waals surface area contributed by atoms with E-state index in [4.69, 9.17) is 16.3 Å². The van der Waals surface area contributed by atoms with Crippen LogP contribution in [0.5, 0.6) is 0 Å². The Bertz CT molecular complexity index is 922. The van der Waals surface area contributed by atoms with Crippen LogP contribution in [0.4, 0.5) is 0 Å². The maximum Gasteiger partial charge on any atom is 0.183 e.